The molecule has 0 saturated carbocycles. The van der Waals surface area contributed by atoms with Crippen LogP contribution in [0.4, 0.5) is 18.9 Å². The maximum Gasteiger partial charge on any atom is 0.417 e. The molecule has 5 heteroatoms. The highest BCUT2D eigenvalue weighted by Crippen LogP contribution is 2.34. The molecule has 19 heavy (non-hydrogen) atoms. The van der Waals surface area contributed by atoms with Crippen molar-refractivity contribution in [1.29, 1.82) is 5.26 Å². The predicted octanol–water partition coefficient (Wildman–Crippen LogP) is 4.06. The van der Waals surface area contributed by atoms with Crippen molar-refractivity contribution in [2.24, 2.45) is 5.92 Å². The van der Waals surface area contributed by atoms with E-state index in [0.29, 0.717) is 11.6 Å². The molecule has 0 N–H and O–H groups in total. The number of hydrogen-bond donors (Lipinski definition) is 0. The maximum absolute atomic E-state index is 12.9. The van der Waals surface area contributed by atoms with Gasteiger partial charge in [-0.05, 0) is 31.0 Å². The Bertz CT molecular complexity index is 486. The number of anilines is 1. The third-order valence-electron chi connectivity index (χ3n) is 3.41. The molecular formula is C14H17F3N2. The molecule has 0 aliphatic heterocycles. The Kier molecular flexibility index (Phi) is 4.46. The molecule has 0 aliphatic carbocycles. The smallest absolute Gasteiger partial charge is 0.372 e. The van der Waals surface area contributed by atoms with Crippen molar-refractivity contribution in [1.82, 2.24) is 0 Å². The van der Waals surface area contributed by atoms with Gasteiger partial charge in [0.25, 0.3) is 0 Å². The minimum Gasteiger partial charge on any atom is -0.372 e. The maximum atomic E-state index is 12.9. The second-order valence-electron chi connectivity index (χ2n) is 4.93. The van der Waals surface area contributed by atoms with Crippen molar-refractivity contribution in [3.63, 3.8) is 0 Å². The van der Waals surface area contributed by atoms with E-state index >= 15 is 0 Å². The van der Waals surface area contributed by atoms with Crippen molar-refractivity contribution < 1.29 is 13.2 Å². The molecule has 0 amide bonds. The monoisotopic (exact) mass is 270 g/mol. The summed E-state index contributed by atoms with van der Waals surface area (Å²) in [6.07, 6.45) is -4.51. The molecule has 0 spiro atoms. The van der Waals surface area contributed by atoms with Crippen molar-refractivity contribution in [2.45, 2.75) is 33.0 Å². The number of rotatable bonds is 3. The average Bonchev–Trinajstić information content (AvgIpc) is 2.35. The first-order chi connectivity index (χ1) is 8.68. The second-order valence-corrected chi connectivity index (χ2v) is 4.93. The van der Waals surface area contributed by atoms with Crippen LogP contribution in [-0.2, 0) is 6.18 Å². The third kappa shape index (κ3) is 3.40. The summed E-state index contributed by atoms with van der Waals surface area (Å²) in [5.74, 6) is 0.315. The lowest BCUT2D eigenvalue weighted by Crippen LogP contribution is -2.33. The van der Waals surface area contributed by atoms with E-state index < -0.39 is 11.7 Å². The molecule has 1 rings (SSSR count). The van der Waals surface area contributed by atoms with Gasteiger partial charge in [-0.15, -0.1) is 0 Å². The Morgan fingerprint density at radius 3 is 2.21 bits per heavy atom. The van der Waals surface area contributed by atoms with E-state index in [1.165, 1.54) is 6.07 Å². The van der Waals surface area contributed by atoms with Crippen LogP contribution in [0.25, 0.3) is 0 Å². The summed E-state index contributed by atoms with van der Waals surface area (Å²) in [7, 11) is 1.76. The Morgan fingerprint density at radius 1 is 1.21 bits per heavy atom. The molecule has 2 nitrogen and oxygen atoms in total. The highest BCUT2D eigenvalue weighted by molar-refractivity contribution is 5.55. The molecule has 0 bridgehead atoms. The molecule has 0 heterocycles. The molecule has 0 aromatic heterocycles. The minimum absolute atomic E-state index is 0.106. The zero-order chi connectivity index (χ0) is 14.8. The van der Waals surface area contributed by atoms with Gasteiger partial charge in [0, 0.05) is 18.8 Å². The van der Waals surface area contributed by atoms with Crippen LogP contribution < -0.4 is 4.90 Å². The number of nitriles is 1. The summed E-state index contributed by atoms with van der Waals surface area (Å²) in [6, 6.07) is 5.50. The largest absolute Gasteiger partial charge is 0.417 e. The number of alkyl halides is 3. The first-order valence-corrected chi connectivity index (χ1v) is 6.02. The average molecular weight is 270 g/mol. The first kappa shape index (κ1) is 15.4. The van der Waals surface area contributed by atoms with Crippen LogP contribution in [-0.4, -0.2) is 13.1 Å². The summed E-state index contributed by atoms with van der Waals surface area (Å²) >= 11 is 0. The topological polar surface area (TPSA) is 27.0 Å². The van der Waals surface area contributed by atoms with Gasteiger partial charge in [-0.2, -0.15) is 18.4 Å². The van der Waals surface area contributed by atoms with E-state index in [-0.39, 0.29) is 11.6 Å². The Balaban J connectivity index is 3.23. The molecule has 1 atom stereocenters. The summed E-state index contributed by atoms with van der Waals surface area (Å²) < 4.78 is 38.6. The minimum atomic E-state index is -4.51. The number of nitrogens with zero attached hydrogens (tertiary/aromatic N) is 2. The van der Waals surface area contributed by atoms with Crippen LogP contribution in [0.3, 0.4) is 0 Å². The fraction of sp³-hybridized carbons (Fsp3) is 0.500. The van der Waals surface area contributed by atoms with Gasteiger partial charge in [0.05, 0.1) is 17.2 Å². The highest BCUT2D eigenvalue weighted by atomic mass is 19.4. The van der Waals surface area contributed by atoms with Crippen LogP contribution in [0.5, 0.6) is 0 Å². The van der Waals surface area contributed by atoms with Crippen LogP contribution in [0.1, 0.15) is 31.9 Å². The summed E-state index contributed by atoms with van der Waals surface area (Å²) in [5, 5.41) is 8.75. The fourth-order valence-electron chi connectivity index (χ4n) is 1.77. The fourth-order valence-corrected chi connectivity index (χ4v) is 1.77. The molecular weight excluding hydrogens is 253 g/mol. The van der Waals surface area contributed by atoms with Gasteiger partial charge in [-0.25, -0.2) is 0 Å². The van der Waals surface area contributed by atoms with Crippen LogP contribution >= 0.6 is 0 Å². The zero-order valence-electron chi connectivity index (χ0n) is 11.4. The van der Waals surface area contributed by atoms with Crippen LogP contribution in [0, 0.1) is 17.2 Å². The highest BCUT2D eigenvalue weighted by Gasteiger charge is 2.34. The van der Waals surface area contributed by atoms with Crippen LogP contribution in [0.15, 0.2) is 18.2 Å². The summed E-state index contributed by atoms with van der Waals surface area (Å²) in [4.78, 5) is 1.79. The molecule has 1 aromatic carbocycles. The van der Waals surface area contributed by atoms with Gasteiger partial charge in [0.2, 0.25) is 0 Å². The molecule has 0 radical (unpaired) electrons. The van der Waals surface area contributed by atoms with Gasteiger partial charge in [0.15, 0.2) is 0 Å². The summed E-state index contributed by atoms with van der Waals surface area (Å²) in [6.45, 7) is 5.97. The van der Waals surface area contributed by atoms with Crippen molar-refractivity contribution in [3.05, 3.63) is 29.3 Å². The first-order valence-electron chi connectivity index (χ1n) is 6.02. The lowest BCUT2D eigenvalue weighted by molar-refractivity contribution is -0.137. The second kappa shape index (κ2) is 5.52. The van der Waals surface area contributed by atoms with Gasteiger partial charge in [0.1, 0.15) is 0 Å². The quantitative estimate of drug-likeness (QED) is 0.828. The van der Waals surface area contributed by atoms with Gasteiger partial charge < -0.3 is 4.90 Å². The number of benzene rings is 1. The van der Waals surface area contributed by atoms with Crippen molar-refractivity contribution in [2.75, 3.05) is 11.9 Å². The van der Waals surface area contributed by atoms with Crippen molar-refractivity contribution in [3.8, 4) is 6.07 Å². The third-order valence-corrected chi connectivity index (χ3v) is 3.41. The van der Waals surface area contributed by atoms with E-state index in [0.717, 1.165) is 6.07 Å². The zero-order valence-corrected chi connectivity index (χ0v) is 11.4. The standard InChI is InChI=1S/C14H17F3N2/c1-9(2)10(3)19(4)12-6-5-11(8-18)13(7-12)14(15,16)17/h5-7,9-10H,1-4H3/t10-/m1/s1. The van der Waals surface area contributed by atoms with E-state index in [1.54, 1.807) is 24.1 Å². The Hall–Kier alpha value is -1.70. The lowest BCUT2D eigenvalue weighted by Gasteiger charge is -2.30. The van der Waals surface area contributed by atoms with E-state index in [2.05, 4.69) is 0 Å². The normalized spacial score (nSPS) is 13.2. The molecule has 0 fully saturated rings. The molecule has 104 valence electrons. The van der Waals surface area contributed by atoms with Crippen molar-refractivity contribution >= 4 is 5.69 Å². The predicted molar refractivity (Wildman–Crippen MR) is 68.9 cm³/mol. The molecule has 0 aliphatic rings. The van der Waals surface area contributed by atoms with Gasteiger partial charge in [-0.3, -0.25) is 0 Å². The number of hydrogen-bond acceptors (Lipinski definition) is 2. The molecule has 1 aromatic rings. The van der Waals surface area contributed by atoms with E-state index in [4.69, 9.17) is 5.26 Å². The van der Waals surface area contributed by atoms with Gasteiger partial charge in [-0.1, -0.05) is 13.8 Å². The molecule has 0 saturated heterocycles. The van der Waals surface area contributed by atoms with E-state index in [1.807, 2.05) is 20.8 Å². The Labute approximate surface area is 111 Å². The number of halogens is 3. The Morgan fingerprint density at radius 2 is 1.79 bits per heavy atom. The summed E-state index contributed by atoms with van der Waals surface area (Å²) in [5.41, 5.74) is -0.760. The lowest BCUT2D eigenvalue weighted by atomic mass is 10.0. The van der Waals surface area contributed by atoms with E-state index in [9.17, 15) is 13.2 Å². The van der Waals surface area contributed by atoms with Crippen LogP contribution in [0.2, 0.25) is 0 Å². The SMILES string of the molecule is CC(C)[C@@H](C)N(C)c1ccc(C#N)c(C(F)(F)F)c1. The molecule has 0 unspecified atom stereocenters. The van der Waals surface area contributed by atoms with Gasteiger partial charge >= 0.3 is 6.18 Å².